The van der Waals surface area contributed by atoms with Crippen LogP contribution < -0.4 is 10.6 Å². The van der Waals surface area contributed by atoms with Crippen molar-refractivity contribution in [2.45, 2.75) is 24.6 Å². The van der Waals surface area contributed by atoms with Crippen molar-refractivity contribution in [3.05, 3.63) is 0 Å². The highest BCUT2D eigenvalue weighted by Crippen LogP contribution is 2.18. The van der Waals surface area contributed by atoms with Gasteiger partial charge in [0.25, 0.3) is 0 Å². The van der Waals surface area contributed by atoms with E-state index in [1.54, 1.807) is 0 Å². The minimum Gasteiger partial charge on any atom is -0.481 e. The number of aliphatic carboxylic acids is 1. The first-order valence-electron chi connectivity index (χ1n) is 4.84. The number of carboxylic acid groups (broad SMARTS) is 1. The average molecular weight is 272 g/mol. The molecule has 1 fully saturated rings. The maximum absolute atomic E-state index is 12.0. The first kappa shape index (κ1) is 14.7. The Kier molecular flexibility index (Phi) is 4.14. The van der Waals surface area contributed by atoms with Crippen LogP contribution in [0.25, 0.3) is 0 Å². The van der Waals surface area contributed by atoms with Gasteiger partial charge in [-0.1, -0.05) is 0 Å². The summed E-state index contributed by atoms with van der Waals surface area (Å²) in [7, 11) is 0. The van der Waals surface area contributed by atoms with Gasteiger partial charge in [0.2, 0.25) is 0 Å². The Labute approximate surface area is 98.6 Å². The normalized spacial score (nSPS) is 32.9. The van der Waals surface area contributed by atoms with Crippen molar-refractivity contribution >= 4 is 11.9 Å². The monoisotopic (exact) mass is 272 g/mol. The Balaban J connectivity index is 2.67. The lowest BCUT2D eigenvalue weighted by atomic mass is 9.92. The van der Waals surface area contributed by atoms with Crippen LogP contribution in [0.3, 0.4) is 0 Å². The molecule has 104 valence electrons. The highest BCUT2D eigenvalue weighted by molar-refractivity contribution is 5.82. The van der Waals surface area contributed by atoms with Gasteiger partial charge in [-0.15, -0.1) is 0 Å². The highest BCUT2D eigenvalue weighted by Gasteiger charge is 2.45. The zero-order chi connectivity index (χ0) is 14.1. The van der Waals surface area contributed by atoms with Gasteiger partial charge in [-0.2, -0.15) is 13.2 Å². The maximum atomic E-state index is 12.0. The lowest BCUT2D eigenvalue weighted by Crippen LogP contribution is -2.66. The SMILES string of the molecule is O=C(O)C1CNC(NC(=O)C(F)(F)F)C(O)[C@@H]1O. The number of carboxylic acids is 1. The van der Waals surface area contributed by atoms with E-state index in [0.29, 0.717) is 0 Å². The standard InChI is InChI=1S/C8H11F3N2O5/c9-8(10,11)7(18)13-5-4(15)3(14)2(1-12-5)6(16)17/h2-5,12,14-15H,1H2,(H,13,18)(H,16,17)/t2?,3-,4?,5?/m1/s1. The Morgan fingerprint density at radius 3 is 2.22 bits per heavy atom. The minimum absolute atomic E-state index is 0.379. The van der Waals surface area contributed by atoms with Crippen LogP contribution in [0.15, 0.2) is 0 Å². The van der Waals surface area contributed by atoms with Crippen molar-refractivity contribution < 1.29 is 38.1 Å². The van der Waals surface area contributed by atoms with Crippen molar-refractivity contribution in [2.24, 2.45) is 5.92 Å². The quantitative estimate of drug-likeness (QED) is 0.397. The molecule has 0 aromatic carbocycles. The van der Waals surface area contributed by atoms with Gasteiger partial charge < -0.3 is 20.6 Å². The van der Waals surface area contributed by atoms with Crippen LogP contribution in [0.1, 0.15) is 0 Å². The molecular formula is C8H11F3N2O5. The molecule has 4 atom stereocenters. The molecule has 3 unspecified atom stereocenters. The molecule has 0 aromatic heterocycles. The fourth-order valence-electron chi connectivity index (χ4n) is 1.52. The molecule has 1 saturated heterocycles. The predicted molar refractivity (Wildman–Crippen MR) is 49.1 cm³/mol. The van der Waals surface area contributed by atoms with Gasteiger partial charge in [0.1, 0.15) is 12.3 Å². The largest absolute Gasteiger partial charge is 0.481 e. The van der Waals surface area contributed by atoms with Crippen molar-refractivity contribution in [3.8, 4) is 0 Å². The number of piperidine rings is 1. The number of amides is 1. The zero-order valence-corrected chi connectivity index (χ0v) is 8.81. The Bertz CT molecular complexity index is 348. The lowest BCUT2D eigenvalue weighted by molar-refractivity contribution is -0.177. The van der Waals surface area contributed by atoms with Crippen LogP contribution in [0, 0.1) is 5.92 Å². The smallest absolute Gasteiger partial charge is 0.471 e. The van der Waals surface area contributed by atoms with Crippen LogP contribution in [0.5, 0.6) is 0 Å². The molecule has 5 N–H and O–H groups in total. The number of aliphatic hydroxyl groups excluding tert-OH is 2. The zero-order valence-electron chi connectivity index (χ0n) is 8.81. The Morgan fingerprint density at radius 1 is 1.22 bits per heavy atom. The highest BCUT2D eigenvalue weighted by atomic mass is 19.4. The number of aliphatic hydroxyl groups is 2. The lowest BCUT2D eigenvalue weighted by Gasteiger charge is -2.36. The summed E-state index contributed by atoms with van der Waals surface area (Å²) in [5.74, 6) is -5.06. The molecule has 0 aromatic rings. The number of carbonyl (C=O) groups is 2. The second-order valence-electron chi connectivity index (χ2n) is 3.78. The van der Waals surface area contributed by atoms with Gasteiger partial charge in [0.05, 0.1) is 12.0 Å². The molecule has 10 heteroatoms. The van der Waals surface area contributed by atoms with E-state index >= 15 is 0 Å². The average Bonchev–Trinajstić information content (AvgIpc) is 2.22. The molecule has 1 aliphatic heterocycles. The summed E-state index contributed by atoms with van der Waals surface area (Å²) in [6.45, 7) is -0.379. The molecule has 1 rings (SSSR count). The molecule has 1 amide bonds. The van der Waals surface area contributed by atoms with Gasteiger partial charge in [-0.25, -0.2) is 0 Å². The summed E-state index contributed by atoms with van der Waals surface area (Å²) in [6, 6.07) is 0. The summed E-state index contributed by atoms with van der Waals surface area (Å²) in [5.41, 5.74) is 0. The molecule has 7 nitrogen and oxygen atoms in total. The van der Waals surface area contributed by atoms with Crippen molar-refractivity contribution in [3.63, 3.8) is 0 Å². The van der Waals surface area contributed by atoms with E-state index in [9.17, 15) is 33.0 Å². The summed E-state index contributed by atoms with van der Waals surface area (Å²) in [5, 5.41) is 31.1. The van der Waals surface area contributed by atoms with Crippen molar-refractivity contribution in [1.82, 2.24) is 10.6 Å². The summed E-state index contributed by atoms with van der Waals surface area (Å²) in [4.78, 5) is 21.2. The van der Waals surface area contributed by atoms with E-state index in [2.05, 4.69) is 5.32 Å². The van der Waals surface area contributed by atoms with E-state index in [1.165, 1.54) is 5.32 Å². The third-order valence-electron chi connectivity index (χ3n) is 2.52. The molecule has 1 heterocycles. The minimum atomic E-state index is -5.13. The van der Waals surface area contributed by atoms with Crippen molar-refractivity contribution in [2.75, 3.05) is 6.54 Å². The number of hydrogen-bond donors (Lipinski definition) is 5. The van der Waals surface area contributed by atoms with Crippen LogP contribution in [0.2, 0.25) is 0 Å². The fourth-order valence-corrected chi connectivity index (χ4v) is 1.52. The Hall–Kier alpha value is -1.39. The predicted octanol–water partition coefficient (Wildman–Crippen LogP) is -1.98. The Morgan fingerprint density at radius 2 is 1.78 bits per heavy atom. The summed E-state index contributed by atoms with van der Waals surface area (Å²) >= 11 is 0. The molecule has 0 aliphatic carbocycles. The number of alkyl halides is 3. The third kappa shape index (κ3) is 3.09. The number of halogens is 3. The van der Waals surface area contributed by atoms with E-state index in [1.807, 2.05) is 0 Å². The second kappa shape index (κ2) is 5.08. The maximum Gasteiger partial charge on any atom is 0.471 e. The number of hydrogen-bond acceptors (Lipinski definition) is 5. The van der Waals surface area contributed by atoms with Gasteiger partial charge >= 0.3 is 18.1 Å². The van der Waals surface area contributed by atoms with Crippen LogP contribution >= 0.6 is 0 Å². The summed E-state index contributed by atoms with van der Waals surface area (Å²) < 4.78 is 35.9. The molecule has 0 saturated carbocycles. The molecule has 0 bridgehead atoms. The van der Waals surface area contributed by atoms with Crippen LogP contribution in [-0.4, -0.2) is 58.3 Å². The molecular weight excluding hydrogens is 261 g/mol. The molecule has 0 spiro atoms. The van der Waals surface area contributed by atoms with E-state index in [0.717, 1.165) is 0 Å². The second-order valence-corrected chi connectivity index (χ2v) is 3.78. The molecule has 18 heavy (non-hydrogen) atoms. The van der Waals surface area contributed by atoms with Crippen LogP contribution in [-0.2, 0) is 9.59 Å². The topological polar surface area (TPSA) is 119 Å². The van der Waals surface area contributed by atoms with Gasteiger partial charge in [-0.3, -0.25) is 14.9 Å². The van der Waals surface area contributed by atoms with E-state index in [4.69, 9.17) is 5.11 Å². The molecule has 1 aliphatic rings. The number of rotatable bonds is 2. The summed E-state index contributed by atoms with van der Waals surface area (Å²) in [6.07, 6.45) is -10.3. The van der Waals surface area contributed by atoms with Crippen molar-refractivity contribution in [1.29, 1.82) is 0 Å². The first-order valence-corrected chi connectivity index (χ1v) is 4.84. The fraction of sp³-hybridized carbons (Fsp3) is 0.750. The third-order valence-corrected chi connectivity index (χ3v) is 2.52. The van der Waals surface area contributed by atoms with Gasteiger partial charge in [-0.05, 0) is 0 Å². The van der Waals surface area contributed by atoms with E-state index < -0.39 is 42.3 Å². The van der Waals surface area contributed by atoms with Crippen LogP contribution in [0.4, 0.5) is 13.2 Å². The number of nitrogens with one attached hydrogen (secondary N) is 2. The van der Waals surface area contributed by atoms with Gasteiger partial charge in [0.15, 0.2) is 0 Å². The van der Waals surface area contributed by atoms with E-state index in [-0.39, 0.29) is 6.54 Å². The first-order chi connectivity index (χ1) is 8.14. The number of carbonyl (C=O) groups excluding carboxylic acids is 1. The molecule has 0 radical (unpaired) electrons. The van der Waals surface area contributed by atoms with Gasteiger partial charge in [0, 0.05) is 6.54 Å².